The van der Waals surface area contributed by atoms with E-state index in [9.17, 15) is 15.2 Å². The fraction of sp³-hybridized carbons (Fsp3) is 0.545. The van der Waals surface area contributed by atoms with Crippen molar-refractivity contribution in [3.05, 3.63) is 36.0 Å². The predicted molar refractivity (Wildman–Crippen MR) is 104 cm³/mol. The monoisotopic (exact) mass is 365 g/mol. The molecule has 5 nitrogen and oxygen atoms in total. The third-order valence-corrected chi connectivity index (χ3v) is 6.95. The summed E-state index contributed by atoms with van der Waals surface area (Å²) in [5.74, 6) is 2.29. The first-order valence-electron chi connectivity index (χ1n) is 9.94. The molecule has 142 valence electrons. The van der Waals surface area contributed by atoms with E-state index in [-0.39, 0.29) is 28.7 Å². The van der Waals surface area contributed by atoms with Gasteiger partial charge in [0.2, 0.25) is 0 Å². The van der Waals surface area contributed by atoms with Crippen molar-refractivity contribution in [3.63, 3.8) is 0 Å². The maximum Gasteiger partial charge on any atom is 0.263 e. The Hall–Kier alpha value is -2.48. The van der Waals surface area contributed by atoms with Crippen LogP contribution < -0.4 is 10.6 Å². The molecule has 0 spiro atoms. The van der Waals surface area contributed by atoms with Crippen LogP contribution in [-0.2, 0) is 4.79 Å². The fourth-order valence-corrected chi connectivity index (χ4v) is 6.04. The Morgan fingerprint density at radius 1 is 1.26 bits per heavy atom. The highest BCUT2D eigenvalue weighted by atomic mass is 16.3. The van der Waals surface area contributed by atoms with Gasteiger partial charge < -0.3 is 15.7 Å². The summed E-state index contributed by atoms with van der Waals surface area (Å²) in [4.78, 5) is 12.7. The zero-order valence-electron chi connectivity index (χ0n) is 15.7. The number of carbonyl (C=O) groups is 1. The number of hydrogen-bond acceptors (Lipinski definition) is 4. The zero-order valence-corrected chi connectivity index (χ0v) is 15.7. The summed E-state index contributed by atoms with van der Waals surface area (Å²) < 4.78 is 0. The molecule has 4 aliphatic carbocycles. The fourth-order valence-electron chi connectivity index (χ4n) is 6.04. The smallest absolute Gasteiger partial charge is 0.263 e. The Bertz CT molecular complexity index is 773. The molecular weight excluding hydrogens is 338 g/mol. The molecule has 1 unspecified atom stereocenters. The van der Waals surface area contributed by atoms with Gasteiger partial charge in [-0.2, -0.15) is 5.26 Å². The van der Waals surface area contributed by atoms with Gasteiger partial charge in [0.15, 0.2) is 0 Å². The molecule has 1 atom stereocenters. The number of aromatic hydroxyl groups is 1. The largest absolute Gasteiger partial charge is 0.508 e. The Morgan fingerprint density at radius 3 is 2.44 bits per heavy atom. The van der Waals surface area contributed by atoms with Crippen LogP contribution >= 0.6 is 0 Å². The quantitative estimate of drug-likeness (QED) is 0.545. The van der Waals surface area contributed by atoms with Gasteiger partial charge >= 0.3 is 0 Å². The van der Waals surface area contributed by atoms with Crippen molar-refractivity contribution < 1.29 is 9.90 Å². The summed E-state index contributed by atoms with van der Waals surface area (Å²) in [6.07, 6.45) is 9.18. The van der Waals surface area contributed by atoms with Crippen LogP contribution in [0.3, 0.4) is 0 Å². The minimum Gasteiger partial charge on any atom is -0.508 e. The second kappa shape index (κ2) is 6.92. The first kappa shape index (κ1) is 17.9. The van der Waals surface area contributed by atoms with E-state index in [1.165, 1.54) is 44.7 Å². The molecule has 4 bridgehead atoms. The minimum absolute atomic E-state index is 0.0509. The summed E-state index contributed by atoms with van der Waals surface area (Å²) in [5.41, 5.74) is 0.892. The molecule has 4 aliphatic rings. The SMILES string of the molecule is CC(NC(=O)/C(C#N)=C\Nc1cccc(O)c1)C12CC3CC(CC(C3)C1)C2. The number of carbonyl (C=O) groups excluding carboxylic acids is 1. The summed E-state index contributed by atoms with van der Waals surface area (Å²) in [6.45, 7) is 2.11. The standard InChI is InChI=1S/C22H27N3O2/c1-14(22-9-15-5-16(10-22)7-17(6-15)11-22)25-21(27)18(12-23)13-24-19-3-2-4-20(26)8-19/h2-4,8,13-17,24,26H,5-7,9-11H2,1H3,(H,25,27)/b18-13-. The van der Waals surface area contributed by atoms with Crippen LogP contribution in [0.5, 0.6) is 5.75 Å². The second-order valence-corrected chi connectivity index (χ2v) is 8.84. The van der Waals surface area contributed by atoms with Crippen molar-refractivity contribution in [1.29, 1.82) is 5.26 Å². The van der Waals surface area contributed by atoms with Crippen molar-refractivity contribution in [1.82, 2.24) is 5.32 Å². The van der Waals surface area contributed by atoms with Crippen LogP contribution in [0.1, 0.15) is 45.4 Å². The van der Waals surface area contributed by atoms with Crippen LogP contribution in [0.4, 0.5) is 5.69 Å². The molecule has 5 heteroatoms. The van der Waals surface area contributed by atoms with E-state index in [0.717, 1.165) is 17.8 Å². The van der Waals surface area contributed by atoms with Crippen molar-refractivity contribution >= 4 is 11.6 Å². The summed E-state index contributed by atoms with van der Waals surface area (Å²) in [7, 11) is 0. The second-order valence-electron chi connectivity index (χ2n) is 8.84. The highest BCUT2D eigenvalue weighted by Crippen LogP contribution is 2.61. The summed E-state index contributed by atoms with van der Waals surface area (Å²) in [5, 5.41) is 25.0. The Balaban J connectivity index is 1.43. The number of amides is 1. The molecule has 1 amide bonds. The molecule has 4 saturated carbocycles. The van der Waals surface area contributed by atoms with Crippen LogP contribution in [0, 0.1) is 34.5 Å². The molecule has 1 aromatic carbocycles. The van der Waals surface area contributed by atoms with Crippen LogP contribution in [0.25, 0.3) is 0 Å². The zero-order chi connectivity index (χ0) is 19.0. The van der Waals surface area contributed by atoms with E-state index in [1.807, 2.05) is 6.07 Å². The molecule has 0 heterocycles. The molecule has 4 fully saturated rings. The first-order chi connectivity index (χ1) is 13.0. The number of phenols is 1. The number of benzene rings is 1. The lowest BCUT2D eigenvalue weighted by Gasteiger charge is -2.59. The lowest BCUT2D eigenvalue weighted by Crippen LogP contribution is -2.56. The van der Waals surface area contributed by atoms with E-state index in [1.54, 1.807) is 24.3 Å². The van der Waals surface area contributed by atoms with Gasteiger partial charge in [0.25, 0.3) is 5.91 Å². The molecule has 3 N–H and O–H groups in total. The molecule has 27 heavy (non-hydrogen) atoms. The summed E-state index contributed by atoms with van der Waals surface area (Å²) >= 11 is 0. The van der Waals surface area contributed by atoms with Gasteiger partial charge in [0.05, 0.1) is 0 Å². The van der Waals surface area contributed by atoms with Crippen LogP contribution in [0.15, 0.2) is 36.0 Å². The van der Waals surface area contributed by atoms with Crippen molar-refractivity contribution in [2.45, 2.75) is 51.5 Å². The van der Waals surface area contributed by atoms with Gasteiger partial charge in [0.1, 0.15) is 17.4 Å². The topological polar surface area (TPSA) is 85.2 Å². The molecule has 0 aromatic heterocycles. The molecule has 0 aliphatic heterocycles. The third-order valence-electron chi connectivity index (χ3n) is 6.95. The number of anilines is 1. The van der Waals surface area contributed by atoms with Gasteiger partial charge in [-0.1, -0.05) is 6.07 Å². The summed E-state index contributed by atoms with van der Waals surface area (Å²) in [6, 6.07) is 8.65. The van der Waals surface area contributed by atoms with Crippen molar-refractivity contribution in [3.8, 4) is 11.8 Å². The number of phenolic OH excluding ortho intramolecular Hbond substituents is 1. The van der Waals surface area contributed by atoms with Gasteiger partial charge in [-0.15, -0.1) is 0 Å². The van der Waals surface area contributed by atoms with E-state index in [2.05, 4.69) is 17.6 Å². The van der Waals surface area contributed by atoms with Crippen molar-refractivity contribution in [2.24, 2.45) is 23.2 Å². The van der Waals surface area contributed by atoms with E-state index < -0.39 is 0 Å². The first-order valence-corrected chi connectivity index (χ1v) is 9.94. The van der Waals surface area contributed by atoms with Crippen LogP contribution in [-0.4, -0.2) is 17.1 Å². The number of hydrogen-bond donors (Lipinski definition) is 3. The highest BCUT2D eigenvalue weighted by Gasteiger charge is 2.53. The molecule has 0 saturated heterocycles. The number of nitrogens with zero attached hydrogens (tertiary/aromatic N) is 1. The van der Waals surface area contributed by atoms with E-state index in [0.29, 0.717) is 5.69 Å². The molecular formula is C22H27N3O2. The lowest BCUT2D eigenvalue weighted by atomic mass is 9.48. The average molecular weight is 365 g/mol. The molecule has 1 aromatic rings. The maximum atomic E-state index is 12.7. The van der Waals surface area contributed by atoms with Gasteiger partial charge in [-0.05, 0) is 80.8 Å². The highest BCUT2D eigenvalue weighted by molar-refractivity contribution is 5.97. The number of rotatable bonds is 5. The molecule has 5 rings (SSSR count). The van der Waals surface area contributed by atoms with E-state index >= 15 is 0 Å². The van der Waals surface area contributed by atoms with Gasteiger partial charge in [0, 0.05) is 24.0 Å². The average Bonchev–Trinajstić information content (AvgIpc) is 2.61. The van der Waals surface area contributed by atoms with Gasteiger partial charge in [-0.3, -0.25) is 4.79 Å². The number of nitrogens with one attached hydrogen (secondary N) is 2. The van der Waals surface area contributed by atoms with Gasteiger partial charge in [-0.25, -0.2) is 0 Å². The minimum atomic E-state index is -0.326. The third kappa shape index (κ3) is 3.53. The van der Waals surface area contributed by atoms with Crippen molar-refractivity contribution in [2.75, 3.05) is 5.32 Å². The Morgan fingerprint density at radius 2 is 1.89 bits per heavy atom. The lowest BCUT2D eigenvalue weighted by molar-refractivity contribution is -0.122. The normalized spacial score (nSPS) is 32.6. The van der Waals surface area contributed by atoms with Crippen LogP contribution in [0.2, 0.25) is 0 Å². The molecule has 0 radical (unpaired) electrons. The maximum absolute atomic E-state index is 12.7. The Labute approximate surface area is 160 Å². The Kier molecular flexibility index (Phi) is 4.59. The predicted octanol–water partition coefficient (Wildman–Crippen LogP) is 3.93. The number of nitriles is 1. The van der Waals surface area contributed by atoms with E-state index in [4.69, 9.17) is 0 Å².